The molecule has 1 aromatic rings. The Kier molecular flexibility index (Phi) is 5.23. The molecule has 0 spiro atoms. The highest BCUT2D eigenvalue weighted by molar-refractivity contribution is 5.20. The monoisotopic (exact) mass is 257 g/mol. The van der Waals surface area contributed by atoms with Crippen molar-refractivity contribution in [2.24, 2.45) is 5.73 Å². The molecule has 1 aromatic carbocycles. The molecule has 0 aliphatic heterocycles. The lowest BCUT2D eigenvalue weighted by Crippen LogP contribution is -2.48. The van der Waals surface area contributed by atoms with Gasteiger partial charge in [-0.3, -0.25) is 0 Å². The smallest absolute Gasteiger partial charge is 0.162 e. The van der Waals surface area contributed by atoms with Crippen molar-refractivity contribution >= 4 is 0 Å². The van der Waals surface area contributed by atoms with Crippen LogP contribution in [0.1, 0.15) is 32.8 Å². The van der Waals surface area contributed by atoms with Crippen LogP contribution in [0.2, 0.25) is 0 Å². The van der Waals surface area contributed by atoms with Gasteiger partial charge in [0.15, 0.2) is 11.6 Å². The van der Waals surface area contributed by atoms with Crippen LogP contribution in [-0.2, 0) is 11.2 Å². The number of rotatable bonds is 6. The minimum atomic E-state index is -0.839. The van der Waals surface area contributed by atoms with Crippen molar-refractivity contribution in [2.75, 3.05) is 6.61 Å². The van der Waals surface area contributed by atoms with Crippen LogP contribution in [0.5, 0.6) is 0 Å². The second-order valence-electron chi connectivity index (χ2n) is 4.62. The number of hydrogen-bond donors (Lipinski definition) is 1. The van der Waals surface area contributed by atoms with E-state index in [0.29, 0.717) is 12.2 Å². The second kappa shape index (κ2) is 6.25. The van der Waals surface area contributed by atoms with Crippen molar-refractivity contribution < 1.29 is 13.5 Å². The molecule has 102 valence electrons. The third-order valence-electron chi connectivity index (χ3n) is 3.43. The standard InChI is InChI=1S/C14H21F2NO/c1-4-14(3,18-5-2)12(17)9-10-7-6-8-11(15)13(10)16/h6-8,12H,4-5,9,17H2,1-3H3. The van der Waals surface area contributed by atoms with Crippen LogP contribution in [0.25, 0.3) is 0 Å². The minimum Gasteiger partial charge on any atom is -0.374 e. The highest BCUT2D eigenvalue weighted by Gasteiger charge is 2.31. The van der Waals surface area contributed by atoms with Gasteiger partial charge in [0.05, 0.1) is 5.60 Å². The van der Waals surface area contributed by atoms with E-state index in [1.165, 1.54) is 6.07 Å². The summed E-state index contributed by atoms with van der Waals surface area (Å²) >= 11 is 0. The Hall–Kier alpha value is -1.00. The topological polar surface area (TPSA) is 35.2 Å². The molecule has 0 saturated carbocycles. The quantitative estimate of drug-likeness (QED) is 0.850. The summed E-state index contributed by atoms with van der Waals surface area (Å²) in [6.45, 7) is 6.31. The van der Waals surface area contributed by atoms with Gasteiger partial charge in [0, 0.05) is 12.6 Å². The van der Waals surface area contributed by atoms with Crippen molar-refractivity contribution in [1.82, 2.24) is 0 Å². The van der Waals surface area contributed by atoms with E-state index in [-0.39, 0.29) is 12.5 Å². The maximum absolute atomic E-state index is 13.6. The van der Waals surface area contributed by atoms with Gasteiger partial charge in [-0.25, -0.2) is 8.78 Å². The van der Waals surface area contributed by atoms with Crippen LogP contribution < -0.4 is 5.73 Å². The predicted octanol–water partition coefficient (Wildman–Crippen LogP) is 3.04. The van der Waals surface area contributed by atoms with Gasteiger partial charge < -0.3 is 10.5 Å². The van der Waals surface area contributed by atoms with E-state index < -0.39 is 17.2 Å². The van der Waals surface area contributed by atoms with E-state index in [1.54, 1.807) is 6.07 Å². The lowest BCUT2D eigenvalue weighted by Gasteiger charge is -2.34. The van der Waals surface area contributed by atoms with E-state index in [0.717, 1.165) is 12.5 Å². The third-order valence-corrected chi connectivity index (χ3v) is 3.43. The first-order chi connectivity index (χ1) is 8.44. The number of halogens is 2. The van der Waals surface area contributed by atoms with Crippen LogP contribution in [0.15, 0.2) is 18.2 Å². The van der Waals surface area contributed by atoms with Gasteiger partial charge >= 0.3 is 0 Å². The van der Waals surface area contributed by atoms with Crippen LogP contribution in [0.3, 0.4) is 0 Å². The fourth-order valence-corrected chi connectivity index (χ4v) is 1.96. The maximum atomic E-state index is 13.6. The molecule has 0 fully saturated rings. The molecule has 0 radical (unpaired) electrons. The number of nitrogens with two attached hydrogens (primary N) is 1. The summed E-state index contributed by atoms with van der Waals surface area (Å²) in [5.41, 5.74) is 5.86. The highest BCUT2D eigenvalue weighted by Crippen LogP contribution is 2.23. The molecular weight excluding hydrogens is 236 g/mol. The summed E-state index contributed by atoms with van der Waals surface area (Å²) in [5, 5.41) is 0. The van der Waals surface area contributed by atoms with Crippen molar-refractivity contribution in [1.29, 1.82) is 0 Å². The van der Waals surface area contributed by atoms with E-state index in [9.17, 15) is 8.78 Å². The first kappa shape index (κ1) is 15.1. The van der Waals surface area contributed by atoms with Gasteiger partial charge in [-0.15, -0.1) is 0 Å². The Labute approximate surface area is 107 Å². The van der Waals surface area contributed by atoms with Gasteiger partial charge in [0.1, 0.15) is 0 Å². The lowest BCUT2D eigenvalue weighted by molar-refractivity contribution is -0.0462. The van der Waals surface area contributed by atoms with Crippen molar-refractivity contribution in [3.05, 3.63) is 35.4 Å². The summed E-state index contributed by atoms with van der Waals surface area (Å²) in [6.07, 6.45) is 0.979. The summed E-state index contributed by atoms with van der Waals surface area (Å²) in [4.78, 5) is 0. The zero-order chi connectivity index (χ0) is 13.8. The molecular formula is C14H21F2NO. The molecule has 0 amide bonds. The molecule has 2 atom stereocenters. The molecule has 0 aliphatic rings. The van der Waals surface area contributed by atoms with Gasteiger partial charge in [0.2, 0.25) is 0 Å². The number of benzene rings is 1. The Morgan fingerprint density at radius 2 is 2.00 bits per heavy atom. The molecule has 2 N–H and O–H groups in total. The average Bonchev–Trinajstić information content (AvgIpc) is 2.35. The first-order valence-corrected chi connectivity index (χ1v) is 6.27. The number of ether oxygens (including phenoxy) is 1. The van der Waals surface area contributed by atoms with Crippen LogP contribution in [-0.4, -0.2) is 18.2 Å². The molecule has 0 bridgehead atoms. The van der Waals surface area contributed by atoms with Crippen LogP contribution in [0, 0.1) is 11.6 Å². The van der Waals surface area contributed by atoms with Gasteiger partial charge in [-0.2, -0.15) is 0 Å². The second-order valence-corrected chi connectivity index (χ2v) is 4.62. The minimum absolute atomic E-state index is 0.258. The zero-order valence-electron chi connectivity index (χ0n) is 11.2. The maximum Gasteiger partial charge on any atom is 0.162 e. The van der Waals surface area contributed by atoms with Crippen molar-refractivity contribution in [3.63, 3.8) is 0 Å². The summed E-state index contributed by atoms with van der Waals surface area (Å²) in [6, 6.07) is 3.77. The Morgan fingerprint density at radius 1 is 1.33 bits per heavy atom. The van der Waals surface area contributed by atoms with Gasteiger partial charge in [0.25, 0.3) is 0 Å². The summed E-state index contributed by atoms with van der Waals surface area (Å²) in [7, 11) is 0. The molecule has 4 heteroatoms. The van der Waals surface area contributed by atoms with Crippen molar-refractivity contribution in [2.45, 2.75) is 45.3 Å². The van der Waals surface area contributed by atoms with E-state index >= 15 is 0 Å². The van der Waals surface area contributed by atoms with E-state index in [1.807, 2.05) is 20.8 Å². The van der Waals surface area contributed by atoms with Crippen molar-refractivity contribution in [3.8, 4) is 0 Å². The first-order valence-electron chi connectivity index (χ1n) is 6.27. The molecule has 0 aliphatic carbocycles. The SMILES string of the molecule is CCOC(C)(CC)C(N)Cc1cccc(F)c1F. The molecule has 2 unspecified atom stereocenters. The van der Waals surface area contributed by atoms with Gasteiger partial charge in [-0.05, 0) is 38.3 Å². The molecule has 18 heavy (non-hydrogen) atoms. The number of hydrogen-bond acceptors (Lipinski definition) is 2. The molecule has 0 saturated heterocycles. The fourth-order valence-electron chi connectivity index (χ4n) is 1.96. The zero-order valence-corrected chi connectivity index (χ0v) is 11.2. The fraction of sp³-hybridized carbons (Fsp3) is 0.571. The van der Waals surface area contributed by atoms with Crippen LogP contribution in [0.4, 0.5) is 8.78 Å². The molecule has 0 aromatic heterocycles. The molecule has 2 nitrogen and oxygen atoms in total. The highest BCUT2D eigenvalue weighted by atomic mass is 19.2. The largest absolute Gasteiger partial charge is 0.374 e. The molecule has 0 heterocycles. The molecule has 1 rings (SSSR count). The Balaban J connectivity index is 2.86. The third kappa shape index (κ3) is 3.27. The predicted molar refractivity (Wildman–Crippen MR) is 68.4 cm³/mol. The Bertz CT molecular complexity index is 397. The summed E-state index contributed by atoms with van der Waals surface area (Å²) < 4.78 is 32.3. The normalized spacial score (nSPS) is 16.3. The average molecular weight is 257 g/mol. The van der Waals surface area contributed by atoms with E-state index in [2.05, 4.69) is 0 Å². The van der Waals surface area contributed by atoms with Gasteiger partial charge in [-0.1, -0.05) is 19.1 Å². The lowest BCUT2D eigenvalue weighted by atomic mass is 9.89. The summed E-state index contributed by atoms with van der Waals surface area (Å²) in [5.74, 6) is -1.66. The van der Waals surface area contributed by atoms with E-state index in [4.69, 9.17) is 10.5 Å². The van der Waals surface area contributed by atoms with Crippen LogP contribution >= 0.6 is 0 Å². The Morgan fingerprint density at radius 3 is 2.56 bits per heavy atom.